The molecule has 2 nitrogen and oxygen atoms in total. The van der Waals surface area contributed by atoms with Gasteiger partial charge in [0.15, 0.2) is 0 Å². The molecule has 0 aromatic heterocycles. The molecule has 2 aromatic carbocycles. The lowest BCUT2D eigenvalue weighted by Gasteiger charge is -2.10. The lowest BCUT2D eigenvalue weighted by molar-refractivity contribution is 0.276. The number of aliphatic hydroxyl groups excluding tert-OH is 1. The fraction of sp³-hybridized carbons (Fsp3) is 0.143. The molecular weight excluding hydrogens is 219 g/mol. The van der Waals surface area contributed by atoms with E-state index in [9.17, 15) is 4.39 Å². The van der Waals surface area contributed by atoms with E-state index in [4.69, 9.17) is 9.84 Å². The first-order valence-electron chi connectivity index (χ1n) is 5.33. The fourth-order valence-electron chi connectivity index (χ4n) is 1.54. The first-order valence-corrected chi connectivity index (χ1v) is 5.33. The molecule has 3 heteroatoms. The van der Waals surface area contributed by atoms with Gasteiger partial charge in [0.1, 0.15) is 17.3 Å². The van der Waals surface area contributed by atoms with Crippen molar-refractivity contribution in [2.24, 2.45) is 0 Å². The molecule has 2 aromatic rings. The topological polar surface area (TPSA) is 29.5 Å². The summed E-state index contributed by atoms with van der Waals surface area (Å²) in [5.41, 5.74) is 1.23. The number of rotatable bonds is 3. The van der Waals surface area contributed by atoms with Gasteiger partial charge in [-0.05, 0) is 36.8 Å². The largest absolute Gasteiger partial charge is 0.457 e. The summed E-state index contributed by atoms with van der Waals surface area (Å²) in [4.78, 5) is 0. The molecule has 0 heterocycles. The molecule has 0 fully saturated rings. The maximum absolute atomic E-state index is 13.1. The summed E-state index contributed by atoms with van der Waals surface area (Å²) < 4.78 is 18.7. The van der Waals surface area contributed by atoms with Crippen LogP contribution in [0.3, 0.4) is 0 Å². The highest BCUT2D eigenvalue weighted by Crippen LogP contribution is 2.26. The van der Waals surface area contributed by atoms with Crippen LogP contribution in [0.4, 0.5) is 4.39 Å². The van der Waals surface area contributed by atoms with Crippen molar-refractivity contribution in [3.05, 3.63) is 59.4 Å². The minimum atomic E-state index is -0.257. The summed E-state index contributed by atoms with van der Waals surface area (Å²) in [6, 6.07) is 11.8. The summed E-state index contributed by atoms with van der Waals surface area (Å²) in [5, 5.41) is 9.16. The van der Waals surface area contributed by atoms with Gasteiger partial charge in [-0.2, -0.15) is 0 Å². The van der Waals surface area contributed by atoms with Crippen LogP contribution in [0.2, 0.25) is 0 Å². The number of halogens is 1. The Kier molecular flexibility index (Phi) is 3.40. The van der Waals surface area contributed by atoms with Gasteiger partial charge in [-0.25, -0.2) is 4.39 Å². The molecule has 0 unspecified atom stereocenters. The zero-order chi connectivity index (χ0) is 12.3. The van der Waals surface area contributed by atoms with Crippen LogP contribution in [0.5, 0.6) is 11.5 Å². The van der Waals surface area contributed by atoms with E-state index in [0.29, 0.717) is 22.6 Å². The van der Waals surface area contributed by atoms with Crippen LogP contribution in [0, 0.1) is 12.7 Å². The molecule has 0 saturated heterocycles. The summed E-state index contributed by atoms with van der Waals surface area (Å²) in [7, 11) is 0. The molecule has 0 aliphatic heterocycles. The van der Waals surface area contributed by atoms with Crippen molar-refractivity contribution in [2.75, 3.05) is 0 Å². The van der Waals surface area contributed by atoms with Crippen LogP contribution in [0.25, 0.3) is 0 Å². The van der Waals surface area contributed by atoms with Crippen LogP contribution < -0.4 is 4.74 Å². The Hall–Kier alpha value is -1.87. The fourth-order valence-corrected chi connectivity index (χ4v) is 1.54. The molecule has 0 aliphatic rings. The van der Waals surface area contributed by atoms with E-state index in [-0.39, 0.29) is 12.4 Å². The summed E-state index contributed by atoms with van der Waals surface area (Å²) in [6.07, 6.45) is 0. The third-order valence-corrected chi connectivity index (χ3v) is 2.50. The molecule has 88 valence electrons. The maximum Gasteiger partial charge on any atom is 0.132 e. The SMILES string of the molecule is Cc1cc(Oc2ccccc2CO)ccc1F. The smallest absolute Gasteiger partial charge is 0.132 e. The molecule has 1 N–H and O–H groups in total. The highest BCUT2D eigenvalue weighted by molar-refractivity contribution is 5.38. The quantitative estimate of drug-likeness (QED) is 0.878. The van der Waals surface area contributed by atoms with Gasteiger partial charge in [-0.1, -0.05) is 18.2 Å². The predicted octanol–water partition coefficient (Wildman–Crippen LogP) is 3.42. The molecule has 0 spiro atoms. The molecule has 2 rings (SSSR count). The Morgan fingerprint density at radius 2 is 1.94 bits per heavy atom. The van der Waals surface area contributed by atoms with Crippen molar-refractivity contribution >= 4 is 0 Å². The van der Waals surface area contributed by atoms with E-state index in [1.54, 1.807) is 31.2 Å². The number of ether oxygens (including phenoxy) is 1. The van der Waals surface area contributed by atoms with Gasteiger partial charge in [-0.3, -0.25) is 0 Å². The van der Waals surface area contributed by atoms with Crippen LogP contribution >= 0.6 is 0 Å². The van der Waals surface area contributed by atoms with Gasteiger partial charge >= 0.3 is 0 Å². The minimum absolute atomic E-state index is 0.0870. The summed E-state index contributed by atoms with van der Waals surface area (Å²) in [5.74, 6) is 0.888. The van der Waals surface area contributed by atoms with Crippen molar-refractivity contribution in [1.29, 1.82) is 0 Å². The third-order valence-electron chi connectivity index (χ3n) is 2.50. The lowest BCUT2D eigenvalue weighted by Crippen LogP contribution is -1.92. The molecule has 0 radical (unpaired) electrons. The number of aryl methyl sites for hydroxylation is 1. The molecule has 0 amide bonds. The highest BCUT2D eigenvalue weighted by atomic mass is 19.1. The van der Waals surface area contributed by atoms with Crippen molar-refractivity contribution in [2.45, 2.75) is 13.5 Å². The highest BCUT2D eigenvalue weighted by Gasteiger charge is 2.04. The van der Waals surface area contributed by atoms with Gasteiger partial charge < -0.3 is 9.84 Å². The maximum atomic E-state index is 13.1. The first-order chi connectivity index (χ1) is 8.20. The van der Waals surface area contributed by atoms with Crippen LogP contribution in [0.1, 0.15) is 11.1 Å². The second kappa shape index (κ2) is 4.97. The Morgan fingerprint density at radius 1 is 1.18 bits per heavy atom. The lowest BCUT2D eigenvalue weighted by atomic mass is 10.2. The Bertz CT molecular complexity index is 523. The Labute approximate surface area is 99.3 Å². The number of aliphatic hydroxyl groups is 1. The molecule has 0 saturated carbocycles. The van der Waals surface area contributed by atoms with Gasteiger partial charge in [0.2, 0.25) is 0 Å². The number of hydrogen-bond donors (Lipinski definition) is 1. The zero-order valence-electron chi connectivity index (χ0n) is 9.48. The molecule has 0 bridgehead atoms. The van der Waals surface area contributed by atoms with Crippen molar-refractivity contribution in [3.8, 4) is 11.5 Å². The van der Waals surface area contributed by atoms with Crippen LogP contribution in [0.15, 0.2) is 42.5 Å². The summed E-state index contributed by atoms with van der Waals surface area (Å²) >= 11 is 0. The average Bonchev–Trinajstić information content (AvgIpc) is 2.34. The Balaban J connectivity index is 2.28. The van der Waals surface area contributed by atoms with Crippen molar-refractivity contribution in [3.63, 3.8) is 0 Å². The van der Waals surface area contributed by atoms with E-state index in [0.717, 1.165) is 0 Å². The number of benzene rings is 2. The van der Waals surface area contributed by atoms with Crippen molar-refractivity contribution in [1.82, 2.24) is 0 Å². The van der Waals surface area contributed by atoms with E-state index in [2.05, 4.69) is 0 Å². The van der Waals surface area contributed by atoms with Gasteiger partial charge in [0, 0.05) is 5.56 Å². The zero-order valence-corrected chi connectivity index (χ0v) is 9.48. The normalized spacial score (nSPS) is 10.3. The molecule has 0 atom stereocenters. The van der Waals surface area contributed by atoms with E-state index in [1.165, 1.54) is 6.07 Å². The van der Waals surface area contributed by atoms with E-state index in [1.807, 2.05) is 12.1 Å². The van der Waals surface area contributed by atoms with Gasteiger partial charge in [-0.15, -0.1) is 0 Å². The third kappa shape index (κ3) is 2.63. The van der Waals surface area contributed by atoms with E-state index >= 15 is 0 Å². The second-order valence-corrected chi connectivity index (χ2v) is 3.78. The van der Waals surface area contributed by atoms with Gasteiger partial charge in [0.25, 0.3) is 0 Å². The Morgan fingerprint density at radius 3 is 2.65 bits per heavy atom. The minimum Gasteiger partial charge on any atom is -0.457 e. The standard InChI is InChI=1S/C14H13FO2/c1-10-8-12(6-7-13(10)15)17-14-5-3-2-4-11(14)9-16/h2-8,16H,9H2,1H3. The van der Waals surface area contributed by atoms with Crippen LogP contribution in [-0.2, 0) is 6.61 Å². The number of para-hydroxylation sites is 1. The average molecular weight is 232 g/mol. The van der Waals surface area contributed by atoms with Gasteiger partial charge in [0.05, 0.1) is 6.61 Å². The monoisotopic (exact) mass is 232 g/mol. The van der Waals surface area contributed by atoms with Crippen molar-refractivity contribution < 1.29 is 14.2 Å². The van der Waals surface area contributed by atoms with E-state index < -0.39 is 0 Å². The first kappa shape index (κ1) is 11.6. The second-order valence-electron chi connectivity index (χ2n) is 3.78. The molecule has 17 heavy (non-hydrogen) atoms. The molecule has 0 aliphatic carbocycles. The predicted molar refractivity (Wildman–Crippen MR) is 63.6 cm³/mol. The summed E-state index contributed by atoms with van der Waals surface area (Å²) in [6.45, 7) is 1.59. The number of hydrogen-bond acceptors (Lipinski definition) is 2. The van der Waals surface area contributed by atoms with Crippen LogP contribution in [-0.4, -0.2) is 5.11 Å². The molecular formula is C14H13FO2.